The quantitative estimate of drug-likeness (QED) is 0.284. The summed E-state index contributed by atoms with van der Waals surface area (Å²) in [6, 6.07) is 9.99. The smallest absolute Gasteiger partial charge is 0.331 e. The number of carboxylic acids is 1. The molecule has 0 spiro atoms. The third-order valence-corrected chi connectivity index (χ3v) is 5.61. The SMILES string of the molecule is CCC(=Cc1noc(C(C)C)c1-c1ccc(Cl)cc1C(=O)c1cccc(OC)c1OC)C(=O)O. The van der Waals surface area contributed by atoms with Crippen LogP contribution in [0.1, 0.15) is 60.5 Å². The maximum absolute atomic E-state index is 13.8. The van der Waals surface area contributed by atoms with Gasteiger partial charge in [0.25, 0.3) is 0 Å². The van der Waals surface area contributed by atoms with Gasteiger partial charge in [0.15, 0.2) is 17.3 Å². The second kappa shape index (κ2) is 10.6. The van der Waals surface area contributed by atoms with Gasteiger partial charge in [-0.25, -0.2) is 4.79 Å². The minimum absolute atomic E-state index is 0.0791. The number of carboxylic acid groups (broad SMARTS) is 1. The molecule has 0 saturated carbocycles. The highest BCUT2D eigenvalue weighted by molar-refractivity contribution is 6.31. The number of carbonyl (C=O) groups excluding carboxylic acids is 1. The second-order valence-electron chi connectivity index (χ2n) is 7.85. The van der Waals surface area contributed by atoms with Gasteiger partial charge in [0.05, 0.1) is 25.3 Å². The first-order valence-corrected chi connectivity index (χ1v) is 11.1. The summed E-state index contributed by atoms with van der Waals surface area (Å²) in [4.78, 5) is 25.4. The van der Waals surface area contributed by atoms with E-state index < -0.39 is 5.97 Å². The summed E-state index contributed by atoms with van der Waals surface area (Å²) in [7, 11) is 2.96. The van der Waals surface area contributed by atoms with Gasteiger partial charge >= 0.3 is 5.97 Å². The molecule has 0 saturated heterocycles. The number of hydrogen-bond acceptors (Lipinski definition) is 6. The minimum Gasteiger partial charge on any atom is -0.493 e. The molecule has 3 rings (SSSR count). The number of methoxy groups -OCH3 is 2. The Morgan fingerprint density at radius 2 is 1.88 bits per heavy atom. The molecule has 34 heavy (non-hydrogen) atoms. The molecular formula is C26H26ClNO6. The summed E-state index contributed by atoms with van der Waals surface area (Å²) in [5.74, 6) is -0.216. The number of hydrogen-bond donors (Lipinski definition) is 1. The Hall–Kier alpha value is -3.58. The van der Waals surface area contributed by atoms with Gasteiger partial charge in [-0.15, -0.1) is 0 Å². The van der Waals surface area contributed by atoms with Crippen molar-refractivity contribution in [2.24, 2.45) is 0 Å². The molecule has 0 unspecified atom stereocenters. The lowest BCUT2D eigenvalue weighted by Gasteiger charge is -2.15. The summed E-state index contributed by atoms with van der Waals surface area (Å²) < 4.78 is 16.4. The van der Waals surface area contributed by atoms with Crippen LogP contribution in [0, 0.1) is 0 Å². The number of aliphatic carboxylic acids is 1. The number of benzene rings is 2. The first-order valence-electron chi connectivity index (χ1n) is 10.7. The lowest BCUT2D eigenvalue weighted by Crippen LogP contribution is -2.08. The summed E-state index contributed by atoms with van der Waals surface area (Å²) in [6.07, 6.45) is 1.77. The highest BCUT2D eigenvalue weighted by atomic mass is 35.5. The standard InChI is InChI=1S/C26H26ClNO6/c1-6-15(26(30)31)12-20-22(24(14(2)3)34-28-20)17-11-10-16(27)13-19(17)23(29)18-8-7-9-21(32-4)25(18)33-5/h7-14H,6H2,1-5H3,(H,30,31). The fraction of sp³-hybridized carbons (Fsp3) is 0.269. The van der Waals surface area contributed by atoms with E-state index in [2.05, 4.69) is 5.16 Å². The number of ether oxygens (including phenoxy) is 2. The van der Waals surface area contributed by atoms with Crippen LogP contribution in [-0.2, 0) is 4.79 Å². The molecule has 0 radical (unpaired) electrons. The molecule has 0 aliphatic carbocycles. The largest absolute Gasteiger partial charge is 0.493 e. The van der Waals surface area contributed by atoms with Crippen molar-refractivity contribution in [2.75, 3.05) is 14.2 Å². The van der Waals surface area contributed by atoms with Crippen LogP contribution in [-0.4, -0.2) is 36.2 Å². The molecule has 1 N–H and O–H groups in total. The Kier molecular flexibility index (Phi) is 7.79. The highest BCUT2D eigenvalue weighted by Gasteiger charge is 2.27. The van der Waals surface area contributed by atoms with Gasteiger partial charge in [-0.1, -0.05) is 49.7 Å². The topological polar surface area (TPSA) is 98.9 Å². The summed E-state index contributed by atoms with van der Waals surface area (Å²) in [5.41, 5.74) is 2.16. The summed E-state index contributed by atoms with van der Waals surface area (Å²) in [5, 5.41) is 14.0. The van der Waals surface area contributed by atoms with Crippen LogP contribution in [0.5, 0.6) is 11.5 Å². The van der Waals surface area contributed by atoms with Crippen LogP contribution in [0.25, 0.3) is 17.2 Å². The van der Waals surface area contributed by atoms with E-state index in [9.17, 15) is 14.7 Å². The van der Waals surface area contributed by atoms with Crippen molar-refractivity contribution in [3.63, 3.8) is 0 Å². The molecule has 0 fully saturated rings. The van der Waals surface area contributed by atoms with E-state index in [-0.39, 0.29) is 17.3 Å². The van der Waals surface area contributed by atoms with E-state index in [1.54, 1.807) is 43.3 Å². The van der Waals surface area contributed by atoms with Gasteiger partial charge in [0, 0.05) is 22.1 Å². The number of nitrogens with zero attached hydrogens (tertiary/aromatic N) is 1. The molecular weight excluding hydrogens is 458 g/mol. The Morgan fingerprint density at radius 1 is 1.15 bits per heavy atom. The van der Waals surface area contributed by atoms with Crippen LogP contribution in [0.15, 0.2) is 46.5 Å². The zero-order chi connectivity index (χ0) is 25.0. The van der Waals surface area contributed by atoms with Crippen LogP contribution >= 0.6 is 11.6 Å². The third-order valence-electron chi connectivity index (χ3n) is 5.38. The van der Waals surface area contributed by atoms with Crippen molar-refractivity contribution in [3.05, 3.63) is 69.6 Å². The molecule has 1 aromatic heterocycles. The van der Waals surface area contributed by atoms with Gasteiger partial charge in [-0.3, -0.25) is 4.79 Å². The van der Waals surface area contributed by atoms with Crippen LogP contribution < -0.4 is 9.47 Å². The van der Waals surface area contributed by atoms with Crippen LogP contribution in [0.2, 0.25) is 5.02 Å². The van der Waals surface area contributed by atoms with Crippen molar-refractivity contribution in [1.29, 1.82) is 0 Å². The predicted octanol–water partition coefficient (Wildman–Crippen LogP) is 6.24. The molecule has 7 nitrogen and oxygen atoms in total. The molecule has 178 valence electrons. The van der Waals surface area contributed by atoms with Gasteiger partial charge in [-0.2, -0.15) is 0 Å². The molecule has 0 aliphatic heterocycles. The molecule has 1 heterocycles. The Bertz CT molecular complexity index is 1260. The lowest BCUT2D eigenvalue weighted by atomic mass is 9.90. The number of carbonyl (C=O) groups is 2. The molecule has 0 amide bonds. The van der Waals surface area contributed by atoms with Crippen LogP contribution in [0.3, 0.4) is 0 Å². The number of ketones is 1. The fourth-order valence-electron chi connectivity index (χ4n) is 3.69. The maximum Gasteiger partial charge on any atom is 0.331 e. The number of para-hydroxylation sites is 1. The summed E-state index contributed by atoms with van der Waals surface area (Å²) >= 11 is 6.30. The lowest BCUT2D eigenvalue weighted by molar-refractivity contribution is -0.132. The molecule has 2 aromatic carbocycles. The monoisotopic (exact) mass is 483 g/mol. The first kappa shape index (κ1) is 25.1. The minimum atomic E-state index is -1.05. The molecule has 0 bridgehead atoms. The Balaban J connectivity index is 2.30. The molecule has 3 aromatic rings. The Morgan fingerprint density at radius 3 is 2.47 bits per heavy atom. The zero-order valence-electron chi connectivity index (χ0n) is 19.6. The van der Waals surface area contributed by atoms with Crippen LogP contribution in [0.4, 0.5) is 0 Å². The van der Waals surface area contributed by atoms with Gasteiger partial charge in [0.2, 0.25) is 0 Å². The normalized spacial score (nSPS) is 11.6. The number of halogens is 1. The molecule has 8 heteroatoms. The van der Waals surface area contributed by atoms with E-state index in [0.717, 1.165) is 0 Å². The highest BCUT2D eigenvalue weighted by Crippen LogP contribution is 2.39. The second-order valence-corrected chi connectivity index (χ2v) is 8.29. The van der Waals surface area contributed by atoms with Crippen molar-refractivity contribution < 1.29 is 28.7 Å². The van der Waals surface area contributed by atoms with Crippen molar-refractivity contribution in [1.82, 2.24) is 5.16 Å². The fourth-order valence-corrected chi connectivity index (χ4v) is 3.86. The first-order chi connectivity index (χ1) is 16.2. The van der Waals surface area contributed by atoms with E-state index in [1.807, 2.05) is 13.8 Å². The molecule has 0 atom stereocenters. The number of rotatable bonds is 9. The van der Waals surface area contributed by atoms with Crippen molar-refractivity contribution in [2.45, 2.75) is 33.1 Å². The van der Waals surface area contributed by atoms with Gasteiger partial charge < -0.3 is 19.1 Å². The zero-order valence-corrected chi connectivity index (χ0v) is 20.4. The van der Waals surface area contributed by atoms with E-state index in [1.165, 1.54) is 20.3 Å². The van der Waals surface area contributed by atoms with E-state index >= 15 is 0 Å². The Labute approximate surface area is 202 Å². The maximum atomic E-state index is 13.8. The van der Waals surface area contributed by atoms with E-state index in [0.29, 0.717) is 56.7 Å². The van der Waals surface area contributed by atoms with Gasteiger partial charge in [0.1, 0.15) is 11.5 Å². The summed E-state index contributed by atoms with van der Waals surface area (Å²) in [6.45, 7) is 5.60. The molecule has 0 aliphatic rings. The third kappa shape index (κ3) is 4.84. The van der Waals surface area contributed by atoms with Gasteiger partial charge in [-0.05, 0) is 42.3 Å². The number of aromatic nitrogens is 1. The average molecular weight is 484 g/mol. The average Bonchev–Trinajstić information content (AvgIpc) is 3.24. The van der Waals surface area contributed by atoms with E-state index in [4.69, 9.17) is 25.6 Å². The van der Waals surface area contributed by atoms with Crippen molar-refractivity contribution in [3.8, 4) is 22.6 Å². The predicted molar refractivity (Wildman–Crippen MR) is 130 cm³/mol. The van der Waals surface area contributed by atoms with Crippen molar-refractivity contribution >= 4 is 29.4 Å².